The van der Waals surface area contributed by atoms with E-state index < -0.39 is 11.7 Å². The molecule has 0 unspecified atom stereocenters. The Morgan fingerprint density at radius 1 is 1.20 bits per heavy atom. The first kappa shape index (κ1) is 13.3. The van der Waals surface area contributed by atoms with Crippen molar-refractivity contribution in [3.63, 3.8) is 0 Å². The lowest BCUT2D eigenvalue weighted by molar-refractivity contribution is -0.137. The van der Waals surface area contributed by atoms with Crippen molar-refractivity contribution in [2.45, 2.75) is 37.9 Å². The highest BCUT2D eigenvalue weighted by molar-refractivity contribution is 6.01. The maximum atomic E-state index is 12.7. The third-order valence-electron chi connectivity index (χ3n) is 3.99. The molecule has 2 aliphatic rings. The molecule has 1 N–H and O–H groups in total. The smallest absolute Gasteiger partial charge is 0.358 e. The number of rotatable bonds is 1. The quantitative estimate of drug-likeness (QED) is 0.857. The summed E-state index contributed by atoms with van der Waals surface area (Å²) in [6.07, 6.45) is -0.186. The Bertz CT molecular complexity index is 536. The number of amides is 1. The minimum atomic E-state index is -4.39. The van der Waals surface area contributed by atoms with Gasteiger partial charge in [0.05, 0.1) is 23.5 Å². The van der Waals surface area contributed by atoms with Crippen LogP contribution in [0.5, 0.6) is 0 Å². The second-order valence-electron chi connectivity index (χ2n) is 5.34. The zero-order chi connectivity index (χ0) is 14.3. The van der Waals surface area contributed by atoms with Crippen LogP contribution in [0.2, 0.25) is 0 Å². The van der Waals surface area contributed by atoms with Crippen LogP contribution in [0, 0.1) is 0 Å². The number of benzene rings is 1. The first-order valence-corrected chi connectivity index (χ1v) is 6.73. The number of hydrogen-bond acceptors (Lipinski definition) is 2. The van der Waals surface area contributed by atoms with Gasteiger partial charge in [-0.25, -0.2) is 0 Å². The van der Waals surface area contributed by atoms with Crippen LogP contribution in [0.15, 0.2) is 18.2 Å². The molecule has 0 saturated heterocycles. The van der Waals surface area contributed by atoms with Gasteiger partial charge >= 0.3 is 6.18 Å². The lowest BCUT2D eigenvalue weighted by Crippen LogP contribution is -2.43. The van der Waals surface area contributed by atoms with Gasteiger partial charge in [0.25, 0.3) is 0 Å². The third kappa shape index (κ3) is 2.34. The molecule has 1 aromatic rings. The number of halogens is 3. The van der Waals surface area contributed by atoms with E-state index >= 15 is 0 Å². The molecule has 3 nitrogen and oxygen atoms in total. The van der Waals surface area contributed by atoms with Crippen LogP contribution in [0.1, 0.15) is 31.2 Å². The lowest BCUT2D eigenvalue weighted by atomic mass is 10.1. The molecule has 0 radical (unpaired) electrons. The number of nitrogens with one attached hydrogen (secondary N) is 1. The lowest BCUT2D eigenvalue weighted by Gasteiger charge is -2.36. The molecule has 0 atom stereocenters. The van der Waals surface area contributed by atoms with Crippen molar-refractivity contribution in [3.8, 4) is 0 Å². The molecule has 108 valence electrons. The van der Waals surface area contributed by atoms with Gasteiger partial charge in [0.1, 0.15) is 0 Å². The van der Waals surface area contributed by atoms with Crippen molar-refractivity contribution in [2.24, 2.45) is 0 Å². The molecule has 1 aliphatic heterocycles. The minimum absolute atomic E-state index is 0.225. The van der Waals surface area contributed by atoms with Gasteiger partial charge in [0, 0.05) is 6.04 Å². The zero-order valence-corrected chi connectivity index (χ0v) is 10.8. The number of nitrogens with zero attached hydrogens (tertiary/aromatic N) is 1. The summed E-state index contributed by atoms with van der Waals surface area (Å²) in [7, 11) is 0. The summed E-state index contributed by atoms with van der Waals surface area (Å²) in [6.45, 7) is 0.225. The molecule has 1 fully saturated rings. The van der Waals surface area contributed by atoms with E-state index in [1.165, 1.54) is 6.07 Å². The Labute approximate surface area is 114 Å². The Morgan fingerprint density at radius 2 is 1.90 bits per heavy atom. The first-order valence-electron chi connectivity index (χ1n) is 6.73. The second-order valence-corrected chi connectivity index (χ2v) is 5.34. The summed E-state index contributed by atoms with van der Waals surface area (Å²) in [5.74, 6) is -0.247. The predicted octanol–water partition coefficient (Wildman–Crippen LogP) is 3.41. The first-order chi connectivity index (χ1) is 9.45. The van der Waals surface area contributed by atoms with Crippen LogP contribution in [0.3, 0.4) is 0 Å². The van der Waals surface area contributed by atoms with Crippen molar-refractivity contribution >= 4 is 17.3 Å². The fourth-order valence-electron chi connectivity index (χ4n) is 3.03. The van der Waals surface area contributed by atoms with Crippen molar-refractivity contribution in [1.82, 2.24) is 0 Å². The third-order valence-corrected chi connectivity index (χ3v) is 3.99. The van der Waals surface area contributed by atoms with Gasteiger partial charge in [-0.2, -0.15) is 13.2 Å². The number of carbonyl (C=O) groups is 1. The predicted molar refractivity (Wildman–Crippen MR) is 69.7 cm³/mol. The number of fused-ring (bicyclic) bond motifs is 1. The van der Waals surface area contributed by atoms with E-state index in [2.05, 4.69) is 5.32 Å². The normalized spacial score (nSPS) is 19.9. The summed E-state index contributed by atoms with van der Waals surface area (Å²) in [4.78, 5) is 13.7. The van der Waals surface area contributed by atoms with Gasteiger partial charge in [0.15, 0.2) is 0 Å². The van der Waals surface area contributed by atoms with Gasteiger partial charge in [-0.3, -0.25) is 4.79 Å². The van der Waals surface area contributed by atoms with E-state index in [0.29, 0.717) is 5.69 Å². The van der Waals surface area contributed by atoms with Crippen molar-refractivity contribution in [1.29, 1.82) is 0 Å². The van der Waals surface area contributed by atoms with E-state index in [1.807, 2.05) is 4.90 Å². The molecule has 1 heterocycles. The standard InChI is InChI=1S/C14H15F3N2O/c15-14(16,17)9-5-6-12-11(7-9)18-13(20)8-19(12)10-3-1-2-4-10/h5-7,10H,1-4,8H2,(H,18,20). The van der Waals surface area contributed by atoms with Crippen molar-refractivity contribution in [3.05, 3.63) is 23.8 Å². The van der Waals surface area contributed by atoms with E-state index in [-0.39, 0.29) is 24.2 Å². The van der Waals surface area contributed by atoms with E-state index in [4.69, 9.17) is 0 Å². The molecule has 1 aliphatic carbocycles. The highest BCUT2D eigenvalue weighted by atomic mass is 19.4. The molecular weight excluding hydrogens is 269 g/mol. The maximum absolute atomic E-state index is 12.7. The average molecular weight is 284 g/mol. The SMILES string of the molecule is O=C1CN(C2CCCC2)c2ccc(C(F)(F)F)cc2N1. The molecule has 0 bridgehead atoms. The topological polar surface area (TPSA) is 32.3 Å². The Balaban J connectivity index is 1.98. The molecule has 20 heavy (non-hydrogen) atoms. The van der Waals surface area contributed by atoms with Crippen LogP contribution in [-0.2, 0) is 11.0 Å². The Kier molecular flexibility index (Phi) is 3.11. The van der Waals surface area contributed by atoms with Crippen LogP contribution in [-0.4, -0.2) is 18.5 Å². The summed E-state index contributed by atoms with van der Waals surface area (Å²) < 4.78 is 38.2. The largest absolute Gasteiger partial charge is 0.416 e. The summed E-state index contributed by atoms with van der Waals surface area (Å²) in [5.41, 5.74) is 0.234. The van der Waals surface area contributed by atoms with Gasteiger partial charge < -0.3 is 10.2 Å². The molecule has 1 aromatic carbocycles. The molecule has 3 rings (SSSR count). The monoisotopic (exact) mass is 284 g/mol. The second kappa shape index (κ2) is 4.68. The summed E-state index contributed by atoms with van der Waals surface area (Å²) in [5, 5.41) is 2.55. The Morgan fingerprint density at radius 3 is 2.55 bits per heavy atom. The molecule has 1 amide bonds. The summed E-state index contributed by atoms with van der Waals surface area (Å²) >= 11 is 0. The molecule has 6 heteroatoms. The number of anilines is 2. The number of carbonyl (C=O) groups excluding carboxylic acids is 1. The molecule has 0 aromatic heterocycles. The Hall–Kier alpha value is -1.72. The summed E-state index contributed by atoms with van der Waals surface area (Å²) in [6, 6.07) is 3.83. The molecule has 0 spiro atoms. The minimum Gasteiger partial charge on any atom is -0.358 e. The van der Waals surface area contributed by atoms with Crippen LogP contribution >= 0.6 is 0 Å². The maximum Gasteiger partial charge on any atom is 0.416 e. The van der Waals surface area contributed by atoms with E-state index in [1.54, 1.807) is 0 Å². The van der Waals surface area contributed by atoms with Gasteiger partial charge in [-0.05, 0) is 31.0 Å². The number of alkyl halides is 3. The van der Waals surface area contributed by atoms with Gasteiger partial charge in [-0.15, -0.1) is 0 Å². The number of hydrogen-bond donors (Lipinski definition) is 1. The van der Waals surface area contributed by atoms with E-state index in [0.717, 1.165) is 37.8 Å². The van der Waals surface area contributed by atoms with Crippen molar-refractivity contribution in [2.75, 3.05) is 16.8 Å². The van der Waals surface area contributed by atoms with Crippen molar-refractivity contribution < 1.29 is 18.0 Å². The highest BCUT2D eigenvalue weighted by Crippen LogP contribution is 2.39. The average Bonchev–Trinajstić information content (AvgIpc) is 2.89. The molecule has 1 saturated carbocycles. The zero-order valence-electron chi connectivity index (χ0n) is 10.8. The van der Waals surface area contributed by atoms with Crippen LogP contribution in [0.4, 0.5) is 24.5 Å². The van der Waals surface area contributed by atoms with Crippen LogP contribution < -0.4 is 10.2 Å². The van der Waals surface area contributed by atoms with E-state index in [9.17, 15) is 18.0 Å². The van der Waals surface area contributed by atoms with Gasteiger partial charge in [-0.1, -0.05) is 12.8 Å². The molecular formula is C14H15F3N2O. The fourth-order valence-corrected chi connectivity index (χ4v) is 3.03. The fraction of sp³-hybridized carbons (Fsp3) is 0.500. The van der Waals surface area contributed by atoms with Gasteiger partial charge in [0.2, 0.25) is 5.91 Å². The highest BCUT2D eigenvalue weighted by Gasteiger charge is 2.34. The van der Waals surface area contributed by atoms with Crippen LogP contribution in [0.25, 0.3) is 0 Å².